The van der Waals surface area contributed by atoms with Crippen LogP contribution in [-0.4, -0.2) is 53.5 Å². The van der Waals surface area contributed by atoms with Gasteiger partial charge < -0.3 is 10.6 Å². The molecule has 0 aromatic rings. The van der Waals surface area contributed by atoms with Crippen molar-refractivity contribution < 1.29 is 4.79 Å². The van der Waals surface area contributed by atoms with E-state index < -0.39 is 0 Å². The highest BCUT2D eigenvalue weighted by atomic mass is 16.2. The van der Waals surface area contributed by atoms with Crippen molar-refractivity contribution in [3.8, 4) is 0 Å². The first kappa shape index (κ1) is 13.5. The van der Waals surface area contributed by atoms with E-state index in [-0.39, 0.29) is 23.5 Å². The quantitative estimate of drug-likeness (QED) is 0.771. The van der Waals surface area contributed by atoms with E-state index in [1.165, 1.54) is 0 Å². The van der Waals surface area contributed by atoms with Crippen LogP contribution in [0.25, 0.3) is 0 Å². The number of amides is 1. The maximum Gasteiger partial charge on any atom is 0.240 e. The average molecular weight is 227 g/mol. The predicted molar refractivity (Wildman–Crippen MR) is 66.2 cm³/mol. The van der Waals surface area contributed by atoms with Crippen molar-refractivity contribution in [2.45, 2.75) is 51.7 Å². The van der Waals surface area contributed by atoms with Crippen molar-refractivity contribution in [3.63, 3.8) is 0 Å². The van der Waals surface area contributed by atoms with Gasteiger partial charge in [-0.15, -0.1) is 0 Å². The average Bonchev–Trinajstić information content (AvgIpc) is 2.18. The van der Waals surface area contributed by atoms with Gasteiger partial charge in [-0.3, -0.25) is 9.69 Å². The summed E-state index contributed by atoms with van der Waals surface area (Å²) in [5, 5.41) is 0. The summed E-state index contributed by atoms with van der Waals surface area (Å²) < 4.78 is 0. The van der Waals surface area contributed by atoms with Crippen LogP contribution in [0.15, 0.2) is 0 Å². The van der Waals surface area contributed by atoms with Crippen molar-refractivity contribution in [3.05, 3.63) is 0 Å². The molecular formula is C12H25N3O. The lowest BCUT2D eigenvalue weighted by Crippen LogP contribution is -2.66. The van der Waals surface area contributed by atoms with Gasteiger partial charge in [0, 0.05) is 18.1 Å². The third kappa shape index (κ3) is 2.38. The van der Waals surface area contributed by atoms with Gasteiger partial charge in [-0.1, -0.05) is 0 Å². The minimum absolute atomic E-state index is 0.0258. The first-order valence-corrected chi connectivity index (χ1v) is 6.04. The highest BCUT2D eigenvalue weighted by Crippen LogP contribution is 2.26. The summed E-state index contributed by atoms with van der Waals surface area (Å²) >= 11 is 0. The molecule has 0 aromatic heterocycles. The van der Waals surface area contributed by atoms with E-state index in [0.717, 1.165) is 13.0 Å². The van der Waals surface area contributed by atoms with Crippen molar-refractivity contribution in [1.82, 2.24) is 9.80 Å². The van der Waals surface area contributed by atoms with E-state index in [1.807, 2.05) is 11.9 Å². The molecule has 0 radical (unpaired) electrons. The molecule has 4 nitrogen and oxygen atoms in total. The molecule has 0 saturated carbocycles. The summed E-state index contributed by atoms with van der Waals surface area (Å²) in [7, 11) is 2.02. The molecule has 1 rings (SSSR count). The zero-order chi connectivity index (χ0) is 12.5. The van der Waals surface area contributed by atoms with E-state index in [0.29, 0.717) is 6.54 Å². The second kappa shape index (κ2) is 4.72. The fourth-order valence-electron chi connectivity index (χ4n) is 2.30. The van der Waals surface area contributed by atoms with Crippen molar-refractivity contribution in [2.75, 3.05) is 20.1 Å². The third-order valence-corrected chi connectivity index (χ3v) is 3.61. The Morgan fingerprint density at radius 2 is 2.06 bits per heavy atom. The van der Waals surface area contributed by atoms with Crippen LogP contribution in [0.2, 0.25) is 0 Å². The number of nitrogens with zero attached hydrogens (tertiary/aromatic N) is 2. The Labute approximate surface area is 98.8 Å². The number of nitrogens with two attached hydrogens (primary N) is 1. The van der Waals surface area contributed by atoms with Gasteiger partial charge in [0.1, 0.15) is 0 Å². The van der Waals surface area contributed by atoms with Gasteiger partial charge in [0.05, 0.1) is 6.04 Å². The number of carbonyl (C=O) groups excluding carboxylic acids is 1. The Kier molecular flexibility index (Phi) is 3.97. The first-order valence-electron chi connectivity index (χ1n) is 6.04. The van der Waals surface area contributed by atoms with Crippen LogP contribution in [0.5, 0.6) is 0 Å². The Balaban J connectivity index is 2.93. The summed E-state index contributed by atoms with van der Waals surface area (Å²) in [6, 6.07) is 0.205. The summed E-state index contributed by atoms with van der Waals surface area (Å²) in [4.78, 5) is 16.4. The van der Waals surface area contributed by atoms with Crippen molar-refractivity contribution in [1.29, 1.82) is 0 Å². The van der Waals surface area contributed by atoms with Crippen molar-refractivity contribution in [2.24, 2.45) is 5.73 Å². The van der Waals surface area contributed by atoms with Gasteiger partial charge in [-0.25, -0.2) is 0 Å². The minimum atomic E-state index is -0.0591. The number of rotatable bonds is 3. The van der Waals surface area contributed by atoms with E-state index in [2.05, 4.69) is 32.6 Å². The molecule has 1 unspecified atom stereocenters. The second-order valence-corrected chi connectivity index (χ2v) is 5.58. The van der Waals surface area contributed by atoms with Crippen LogP contribution in [0.1, 0.15) is 34.1 Å². The standard InChI is InChI=1S/C12H25N3O/c1-9(2)15-8-12(3,4)14(5)10(6-7-13)11(15)16/h9-10H,6-8,13H2,1-5H3. The monoisotopic (exact) mass is 227 g/mol. The van der Waals surface area contributed by atoms with Crippen molar-refractivity contribution >= 4 is 5.91 Å². The van der Waals surface area contributed by atoms with Crippen LogP contribution in [0.3, 0.4) is 0 Å². The van der Waals surface area contributed by atoms with Crippen LogP contribution in [0, 0.1) is 0 Å². The third-order valence-electron chi connectivity index (χ3n) is 3.61. The maximum absolute atomic E-state index is 12.3. The topological polar surface area (TPSA) is 49.6 Å². The zero-order valence-electron chi connectivity index (χ0n) is 11.2. The Bertz CT molecular complexity index is 263. The van der Waals surface area contributed by atoms with Gasteiger partial charge >= 0.3 is 0 Å². The van der Waals surface area contributed by atoms with Crippen LogP contribution in [0.4, 0.5) is 0 Å². The lowest BCUT2D eigenvalue weighted by Gasteiger charge is -2.50. The van der Waals surface area contributed by atoms with E-state index in [1.54, 1.807) is 0 Å². The summed E-state index contributed by atoms with van der Waals surface area (Å²) in [5.74, 6) is 0.224. The molecule has 0 aliphatic carbocycles. The molecule has 0 bridgehead atoms. The molecule has 16 heavy (non-hydrogen) atoms. The minimum Gasteiger partial charge on any atom is -0.337 e. The van der Waals surface area contributed by atoms with Gasteiger partial charge in [0.15, 0.2) is 0 Å². The fourth-order valence-corrected chi connectivity index (χ4v) is 2.30. The molecule has 1 heterocycles. The van der Waals surface area contributed by atoms with Gasteiger partial charge in [0.2, 0.25) is 5.91 Å². The molecule has 1 atom stereocenters. The highest BCUT2D eigenvalue weighted by molar-refractivity contribution is 5.83. The fraction of sp³-hybridized carbons (Fsp3) is 0.917. The molecule has 1 amide bonds. The number of piperazine rings is 1. The summed E-state index contributed by atoms with van der Waals surface area (Å²) in [6.07, 6.45) is 0.738. The second-order valence-electron chi connectivity index (χ2n) is 5.58. The lowest BCUT2D eigenvalue weighted by atomic mass is 9.93. The summed E-state index contributed by atoms with van der Waals surface area (Å²) in [5.41, 5.74) is 5.62. The summed E-state index contributed by atoms with van der Waals surface area (Å²) in [6.45, 7) is 9.85. The molecule has 0 aromatic carbocycles. The Morgan fingerprint density at radius 1 is 1.50 bits per heavy atom. The first-order chi connectivity index (χ1) is 7.31. The molecule has 0 spiro atoms. The van der Waals surface area contributed by atoms with Crippen LogP contribution >= 0.6 is 0 Å². The van der Waals surface area contributed by atoms with Gasteiger partial charge in [0.25, 0.3) is 0 Å². The molecule has 94 valence electrons. The Morgan fingerprint density at radius 3 is 2.50 bits per heavy atom. The zero-order valence-corrected chi connectivity index (χ0v) is 11.2. The van der Waals surface area contributed by atoms with E-state index in [4.69, 9.17) is 5.73 Å². The normalized spacial score (nSPS) is 26.6. The maximum atomic E-state index is 12.3. The number of hydrogen-bond donors (Lipinski definition) is 1. The van der Waals surface area contributed by atoms with Gasteiger partial charge in [-0.2, -0.15) is 0 Å². The lowest BCUT2D eigenvalue weighted by molar-refractivity contribution is -0.150. The molecular weight excluding hydrogens is 202 g/mol. The predicted octanol–water partition coefficient (Wildman–Crippen LogP) is 0.665. The number of hydrogen-bond acceptors (Lipinski definition) is 3. The molecule has 1 aliphatic heterocycles. The van der Waals surface area contributed by atoms with E-state index >= 15 is 0 Å². The number of carbonyl (C=O) groups is 1. The SMILES string of the molecule is CC(C)N1CC(C)(C)N(C)C(CCN)C1=O. The molecule has 1 fully saturated rings. The van der Waals surface area contributed by atoms with Gasteiger partial charge in [-0.05, 0) is 47.7 Å². The number of likely N-dealkylation sites (N-methyl/N-ethyl adjacent to an activating group) is 1. The van der Waals surface area contributed by atoms with Crippen LogP contribution < -0.4 is 5.73 Å². The molecule has 1 aliphatic rings. The molecule has 4 heteroatoms. The Hall–Kier alpha value is -0.610. The van der Waals surface area contributed by atoms with Crippen LogP contribution in [-0.2, 0) is 4.79 Å². The molecule has 2 N–H and O–H groups in total. The van der Waals surface area contributed by atoms with E-state index in [9.17, 15) is 4.79 Å². The molecule has 1 saturated heterocycles. The highest BCUT2D eigenvalue weighted by Gasteiger charge is 2.43. The smallest absolute Gasteiger partial charge is 0.240 e. The largest absolute Gasteiger partial charge is 0.337 e.